The van der Waals surface area contributed by atoms with Gasteiger partial charge in [-0.1, -0.05) is 0 Å². The summed E-state index contributed by atoms with van der Waals surface area (Å²) in [4.78, 5) is 16.4. The highest BCUT2D eigenvalue weighted by molar-refractivity contribution is 9.10. The van der Waals surface area contributed by atoms with Crippen molar-refractivity contribution in [3.63, 3.8) is 0 Å². The van der Waals surface area contributed by atoms with Crippen LogP contribution >= 0.6 is 15.9 Å². The molecule has 1 aromatic carbocycles. The molecule has 0 saturated carbocycles. The molecule has 3 rings (SSSR count). The SMILES string of the molecule is COc1ccc2cc(NC(=O)c3[nH]ncc3Br)ccc2n1. The second-order valence-corrected chi connectivity index (χ2v) is 5.16. The molecule has 2 N–H and O–H groups in total. The van der Waals surface area contributed by atoms with Crippen molar-refractivity contribution >= 4 is 38.4 Å². The Morgan fingerprint density at radius 1 is 1.33 bits per heavy atom. The zero-order valence-electron chi connectivity index (χ0n) is 11.1. The van der Waals surface area contributed by atoms with Crippen LogP contribution in [0.5, 0.6) is 5.88 Å². The molecule has 0 spiro atoms. The first-order valence-corrected chi connectivity index (χ1v) is 6.91. The monoisotopic (exact) mass is 346 g/mol. The van der Waals surface area contributed by atoms with Gasteiger partial charge < -0.3 is 10.1 Å². The number of halogens is 1. The molecule has 7 heteroatoms. The number of benzene rings is 1. The van der Waals surface area contributed by atoms with E-state index < -0.39 is 0 Å². The number of methoxy groups -OCH3 is 1. The van der Waals surface area contributed by atoms with Gasteiger partial charge in [-0.25, -0.2) is 4.98 Å². The number of fused-ring (bicyclic) bond motifs is 1. The lowest BCUT2D eigenvalue weighted by Gasteiger charge is -2.06. The van der Waals surface area contributed by atoms with Crippen molar-refractivity contribution in [3.8, 4) is 5.88 Å². The van der Waals surface area contributed by atoms with Gasteiger partial charge in [0.1, 0.15) is 5.69 Å². The van der Waals surface area contributed by atoms with E-state index >= 15 is 0 Å². The molecule has 0 radical (unpaired) electrons. The lowest BCUT2D eigenvalue weighted by atomic mass is 10.2. The Hall–Kier alpha value is -2.41. The zero-order chi connectivity index (χ0) is 14.8. The molecular formula is C14H11BrN4O2. The third-order valence-electron chi connectivity index (χ3n) is 2.95. The number of hydrogen-bond acceptors (Lipinski definition) is 4. The van der Waals surface area contributed by atoms with Crippen molar-refractivity contribution in [2.75, 3.05) is 12.4 Å². The highest BCUT2D eigenvalue weighted by Gasteiger charge is 2.12. The van der Waals surface area contributed by atoms with Gasteiger partial charge in [0.25, 0.3) is 5.91 Å². The molecule has 0 unspecified atom stereocenters. The first-order chi connectivity index (χ1) is 10.2. The minimum Gasteiger partial charge on any atom is -0.481 e. The smallest absolute Gasteiger partial charge is 0.274 e. The molecule has 1 amide bonds. The fourth-order valence-corrected chi connectivity index (χ4v) is 2.29. The van der Waals surface area contributed by atoms with Crippen molar-refractivity contribution in [2.45, 2.75) is 0 Å². The van der Waals surface area contributed by atoms with Crippen LogP contribution in [0.25, 0.3) is 10.9 Å². The molecule has 0 aliphatic carbocycles. The van der Waals surface area contributed by atoms with Gasteiger partial charge in [0, 0.05) is 17.1 Å². The van der Waals surface area contributed by atoms with E-state index in [-0.39, 0.29) is 5.91 Å². The number of ether oxygens (including phenoxy) is 1. The summed E-state index contributed by atoms with van der Waals surface area (Å²) in [6.45, 7) is 0. The van der Waals surface area contributed by atoms with E-state index in [1.165, 1.54) is 6.20 Å². The van der Waals surface area contributed by atoms with Gasteiger partial charge >= 0.3 is 0 Å². The Morgan fingerprint density at radius 3 is 2.90 bits per heavy atom. The van der Waals surface area contributed by atoms with E-state index in [2.05, 4.69) is 36.4 Å². The number of H-pyrrole nitrogens is 1. The quantitative estimate of drug-likeness (QED) is 0.763. The van der Waals surface area contributed by atoms with Gasteiger partial charge in [-0.05, 0) is 40.2 Å². The predicted octanol–water partition coefficient (Wildman–Crippen LogP) is 2.98. The normalized spacial score (nSPS) is 10.6. The van der Waals surface area contributed by atoms with Crippen LogP contribution in [-0.4, -0.2) is 28.2 Å². The summed E-state index contributed by atoms with van der Waals surface area (Å²) >= 11 is 3.26. The average Bonchev–Trinajstić information content (AvgIpc) is 2.93. The van der Waals surface area contributed by atoms with Crippen molar-refractivity contribution in [1.29, 1.82) is 0 Å². The Morgan fingerprint density at radius 2 is 2.19 bits per heavy atom. The standard InChI is InChI=1S/C14H11BrN4O2/c1-21-12-5-2-8-6-9(3-4-11(8)18-12)17-14(20)13-10(15)7-16-19-13/h2-7H,1H3,(H,16,19)(H,17,20). The highest BCUT2D eigenvalue weighted by atomic mass is 79.9. The number of nitrogens with one attached hydrogen (secondary N) is 2. The third kappa shape index (κ3) is 2.73. The van der Waals surface area contributed by atoms with Gasteiger partial charge in [0.15, 0.2) is 0 Å². The van der Waals surface area contributed by atoms with E-state index in [0.717, 1.165) is 10.9 Å². The molecule has 3 aromatic rings. The third-order valence-corrected chi connectivity index (χ3v) is 3.55. The molecule has 21 heavy (non-hydrogen) atoms. The molecule has 6 nitrogen and oxygen atoms in total. The molecule has 0 aliphatic rings. The number of amides is 1. The number of nitrogens with zero attached hydrogens (tertiary/aromatic N) is 2. The van der Waals surface area contributed by atoms with E-state index in [0.29, 0.717) is 21.7 Å². The number of carbonyl (C=O) groups is 1. The summed E-state index contributed by atoms with van der Waals surface area (Å²) in [7, 11) is 1.57. The number of hydrogen-bond donors (Lipinski definition) is 2. The minimum absolute atomic E-state index is 0.264. The Balaban J connectivity index is 1.88. The summed E-state index contributed by atoms with van der Waals surface area (Å²) < 4.78 is 5.70. The second-order valence-electron chi connectivity index (χ2n) is 4.31. The van der Waals surface area contributed by atoms with E-state index in [1.807, 2.05) is 18.2 Å². The lowest BCUT2D eigenvalue weighted by Crippen LogP contribution is -2.13. The van der Waals surface area contributed by atoms with Crippen LogP contribution < -0.4 is 10.1 Å². The number of pyridine rings is 1. The fourth-order valence-electron chi connectivity index (χ4n) is 1.92. The Bertz CT molecular complexity index is 816. The van der Waals surface area contributed by atoms with Crippen molar-refractivity contribution in [2.24, 2.45) is 0 Å². The molecule has 106 valence electrons. The van der Waals surface area contributed by atoms with Gasteiger partial charge in [-0.2, -0.15) is 5.10 Å². The van der Waals surface area contributed by atoms with Gasteiger partial charge in [-0.15, -0.1) is 0 Å². The predicted molar refractivity (Wildman–Crippen MR) is 82.5 cm³/mol. The summed E-state index contributed by atoms with van der Waals surface area (Å²) in [5.74, 6) is 0.292. The molecule has 2 heterocycles. The second kappa shape index (κ2) is 5.53. The van der Waals surface area contributed by atoms with Crippen molar-refractivity contribution < 1.29 is 9.53 Å². The van der Waals surface area contributed by atoms with Crippen LogP contribution in [0.2, 0.25) is 0 Å². The van der Waals surface area contributed by atoms with Crippen LogP contribution in [0.1, 0.15) is 10.5 Å². The number of aromatic nitrogens is 3. The largest absolute Gasteiger partial charge is 0.481 e. The maximum absolute atomic E-state index is 12.1. The average molecular weight is 347 g/mol. The fraction of sp³-hybridized carbons (Fsp3) is 0.0714. The maximum atomic E-state index is 12.1. The van der Waals surface area contributed by atoms with Crippen LogP contribution in [0, 0.1) is 0 Å². The molecular weight excluding hydrogens is 336 g/mol. The van der Waals surface area contributed by atoms with Crippen molar-refractivity contribution in [1.82, 2.24) is 15.2 Å². The maximum Gasteiger partial charge on any atom is 0.274 e. The summed E-state index contributed by atoms with van der Waals surface area (Å²) in [5, 5.41) is 10.2. The molecule has 0 fully saturated rings. The van der Waals surface area contributed by atoms with Crippen LogP contribution in [-0.2, 0) is 0 Å². The number of rotatable bonds is 3. The summed E-state index contributed by atoms with van der Waals surface area (Å²) in [6.07, 6.45) is 1.53. The number of aromatic amines is 1. The summed E-state index contributed by atoms with van der Waals surface area (Å²) in [6, 6.07) is 9.14. The van der Waals surface area contributed by atoms with Gasteiger partial charge in [0.2, 0.25) is 5.88 Å². The van der Waals surface area contributed by atoms with E-state index in [1.54, 1.807) is 19.2 Å². The van der Waals surface area contributed by atoms with Gasteiger partial charge in [-0.3, -0.25) is 9.89 Å². The van der Waals surface area contributed by atoms with Crippen LogP contribution in [0.4, 0.5) is 5.69 Å². The molecule has 0 atom stereocenters. The highest BCUT2D eigenvalue weighted by Crippen LogP contribution is 2.21. The summed E-state index contributed by atoms with van der Waals surface area (Å²) in [5.41, 5.74) is 1.86. The molecule has 2 aromatic heterocycles. The Kier molecular flexibility index (Phi) is 3.57. The van der Waals surface area contributed by atoms with E-state index in [9.17, 15) is 4.79 Å². The molecule has 0 bridgehead atoms. The number of anilines is 1. The topological polar surface area (TPSA) is 79.9 Å². The first-order valence-electron chi connectivity index (χ1n) is 6.12. The van der Waals surface area contributed by atoms with Crippen LogP contribution in [0.3, 0.4) is 0 Å². The van der Waals surface area contributed by atoms with Gasteiger partial charge in [0.05, 0.1) is 23.3 Å². The van der Waals surface area contributed by atoms with E-state index in [4.69, 9.17) is 4.74 Å². The Labute approximate surface area is 128 Å². The number of carbonyl (C=O) groups excluding carboxylic acids is 1. The zero-order valence-corrected chi connectivity index (χ0v) is 12.6. The molecule has 0 saturated heterocycles. The first kappa shape index (κ1) is 13.6. The van der Waals surface area contributed by atoms with Crippen LogP contribution in [0.15, 0.2) is 41.0 Å². The lowest BCUT2D eigenvalue weighted by molar-refractivity contribution is 0.102. The van der Waals surface area contributed by atoms with Crippen molar-refractivity contribution in [3.05, 3.63) is 46.7 Å². The minimum atomic E-state index is -0.264. The molecule has 0 aliphatic heterocycles.